The van der Waals surface area contributed by atoms with Crippen LogP contribution in [-0.2, 0) is 9.47 Å². The normalized spacial score (nSPS) is 11.0. The Hall–Kier alpha value is -1.18. The number of ether oxygens (including phenoxy) is 3. The number of hydrogen-bond acceptors (Lipinski definition) is 6. The average molecular weight is 313 g/mol. The topological polar surface area (TPSA) is 71.4 Å². The van der Waals surface area contributed by atoms with Crippen molar-refractivity contribution in [3.8, 4) is 5.75 Å². The molecule has 126 valence electrons. The standard InChI is InChI=1S/C16H27NO5/c18-9-6-17(7-10-19)8-11-20-12-13-21-14-15-22-16-4-2-1-3-5-16/h1-5,18-19H,6-15H2. The van der Waals surface area contributed by atoms with E-state index in [1.807, 2.05) is 35.2 Å². The van der Waals surface area contributed by atoms with Gasteiger partial charge in [-0.1, -0.05) is 18.2 Å². The van der Waals surface area contributed by atoms with Gasteiger partial charge in [0.15, 0.2) is 0 Å². The predicted molar refractivity (Wildman–Crippen MR) is 84.2 cm³/mol. The third-order valence-electron chi connectivity index (χ3n) is 3.00. The number of aliphatic hydroxyl groups excluding tert-OH is 2. The lowest BCUT2D eigenvalue weighted by molar-refractivity contribution is 0.0265. The number of hydrogen-bond donors (Lipinski definition) is 2. The molecule has 0 radical (unpaired) electrons. The predicted octanol–water partition coefficient (Wildman–Crippen LogP) is 0.385. The zero-order valence-electron chi connectivity index (χ0n) is 13.0. The van der Waals surface area contributed by atoms with E-state index < -0.39 is 0 Å². The highest BCUT2D eigenvalue weighted by molar-refractivity contribution is 5.20. The van der Waals surface area contributed by atoms with Gasteiger partial charge in [0.05, 0.1) is 39.6 Å². The van der Waals surface area contributed by atoms with Gasteiger partial charge in [-0.3, -0.25) is 4.90 Å². The summed E-state index contributed by atoms with van der Waals surface area (Å²) in [7, 11) is 0. The molecule has 1 aromatic carbocycles. The van der Waals surface area contributed by atoms with Crippen LogP contribution in [0.5, 0.6) is 5.75 Å². The van der Waals surface area contributed by atoms with Crippen LogP contribution in [0, 0.1) is 0 Å². The molecule has 22 heavy (non-hydrogen) atoms. The van der Waals surface area contributed by atoms with Crippen LogP contribution in [0.3, 0.4) is 0 Å². The molecule has 1 aromatic rings. The Morgan fingerprint density at radius 2 is 1.32 bits per heavy atom. The molecule has 0 saturated carbocycles. The van der Waals surface area contributed by atoms with Gasteiger partial charge in [0.1, 0.15) is 12.4 Å². The smallest absolute Gasteiger partial charge is 0.119 e. The zero-order chi connectivity index (χ0) is 15.9. The van der Waals surface area contributed by atoms with Crippen LogP contribution >= 0.6 is 0 Å². The van der Waals surface area contributed by atoms with E-state index in [4.69, 9.17) is 24.4 Å². The minimum absolute atomic E-state index is 0.0878. The van der Waals surface area contributed by atoms with Crippen molar-refractivity contribution in [1.29, 1.82) is 0 Å². The van der Waals surface area contributed by atoms with Gasteiger partial charge in [-0.15, -0.1) is 0 Å². The Bertz CT molecular complexity index is 344. The van der Waals surface area contributed by atoms with Crippen molar-refractivity contribution in [3.05, 3.63) is 30.3 Å². The molecule has 0 aliphatic rings. The first-order valence-corrected chi connectivity index (χ1v) is 7.64. The molecular formula is C16H27NO5. The first kappa shape index (κ1) is 18.9. The van der Waals surface area contributed by atoms with Crippen LogP contribution in [0.2, 0.25) is 0 Å². The van der Waals surface area contributed by atoms with Crippen LogP contribution in [0.15, 0.2) is 30.3 Å². The van der Waals surface area contributed by atoms with Crippen molar-refractivity contribution in [1.82, 2.24) is 4.90 Å². The van der Waals surface area contributed by atoms with Crippen molar-refractivity contribution in [3.63, 3.8) is 0 Å². The lowest BCUT2D eigenvalue weighted by Gasteiger charge is -2.19. The van der Waals surface area contributed by atoms with Gasteiger partial charge in [-0.25, -0.2) is 0 Å². The summed E-state index contributed by atoms with van der Waals surface area (Å²) >= 11 is 0. The fourth-order valence-electron chi connectivity index (χ4n) is 1.87. The summed E-state index contributed by atoms with van der Waals surface area (Å²) in [6.45, 7) is 4.63. The molecule has 0 fully saturated rings. The highest BCUT2D eigenvalue weighted by Crippen LogP contribution is 2.07. The molecular weight excluding hydrogens is 286 g/mol. The molecule has 2 N–H and O–H groups in total. The van der Waals surface area contributed by atoms with Crippen LogP contribution in [0.1, 0.15) is 0 Å². The van der Waals surface area contributed by atoms with E-state index >= 15 is 0 Å². The summed E-state index contributed by atoms with van der Waals surface area (Å²) in [5, 5.41) is 17.7. The number of benzene rings is 1. The Kier molecular flexibility index (Phi) is 11.6. The number of para-hydroxylation sites is 1. The molecule has 6 heteroatoms. The van der Waals surface area contributed by atoms with Crippen LogP contribution in [0.4, 0.5) is 0 Å². The lowest BCUT2D eigenvalue weighted by Crippen LogP contribution is -2.33. The summed E-state index contributed by atoms with van der Waals surface area (Å²) < 4.78 is 16.4. The molecule has 0 bridgehead atoms. The molecule has 0 heterocycles. The summed E-state index contributed by atoms with van der Waals surface area (Å²) in [5.74, 6) is 0.843. The van der Waals surface area contributed by atoms with Crippen molar-refractivity contribution < 1.29 is 24.4 Å². The van der Waals surface area contributed by atoms with Crippen LogP contribution < -0.4 is 4.74 Å². The van der Waals surface area contributed by atoms with Crippen molar-refractivity contribution in [2.45, 2.75) is 0 Å². The van der Waals surface area contributed by atoms with Gasteiger partial charge < -0.3 is 24.4 Å². The number of nitrogens with zero attached hydrogens (tertiary/aromatic N) is 1. The van der Waals surface area contributed by atoms with E-state index in [1.54, 1.807) is 0 Å². The van der Waals surface area contributed by atoms with E-state index in [2.05, 4.69) is 0 Å². The number of rotatable bonds is 14. The van der Waals surface area contributed by atoms with E-state index in [1.165, 1.54) is 0 Å². The highest BCUT2D eigenvalue weighted by Gasteiger charge is 2.02. The lowest BCUT2D eigenvalue weighted by atomic mass is 10.3. The van der Waals surface area contributed by atoms with E-state index in [-0.39, 0.29) is 13.2 Å². The Morgan fingerprint density at radius 1 is 0.727 bits per heavy atom. The average Bonchev–Trinajstić information content (AvgIpc) is 2.54. The maximum Gasteiger partial charge on any atom is 0.119 e. The van der Waals surface area contributed by atoms with Crippen molar-refractivity contribution in [2.75, 3.05) is 65.9 Å². The zero-order valence-corrected chi connectivity index (χ0v) is 13.0. The summed E-state index contributed by atoms with van der Waals surface area (Å²) in [5.41, 5.74) is 0. The molecule has 6 nitrogen and oxygen atoms in total. The second-order valence-corrected chi connectivity index (χ2v) is 4.68. The second kappa shape index (κ2) is 13.5. The van der Waals surface area contributed by atoms with E-state index in [9.17, 15) is 0 Å². The monoisotopic (exact) mass is 313 g/mol. The first-order chi connectivity index (χ1) is 10.9. The molecule has 0 unspecified atom stereocenters. The quantitative estimate of drug-likeness (QED) is 0.484. The van der Waals surface area contributed by atoms with Crippen LogP contribution in [-0.4, -0.2) is 81.0 Å². The molecule has 1 rings (SSSR count). The van der Waals surface area contributed by atoms with Gasteiger partial charge >= 0.3 is 0 Å². The van der Waals surface area contributed by atoms with Crippen molar-refractivity contribution >= 4 is 0 Å². The fourth-order valence-corrected chi connectivity index (χ4v) is 1.87. The third kappa shape index (κ3) is 9.70. The first-order valence-electron chi connectivity index (χ1n) is 7.64. The van der Waals surface area contributed by atoms with Gasteiger partial charge in [0, 0.05) is 19.6 Å². The van der Waals surface area contributed by atoms with E-state index in [0.29, 0.717) is 52.7 Å². The van der Waals surface area contributed by atoms with Crippen molar-refractivity contribution in [2.24, 2.45) is 0 Å². The number of aliphatic hydroxyl groups is 2. The maximum atomic E-state index is 8.87. The Labute approximate surface area is 132 Å². The summed E-state index contributed by atoms with van der Waals surface area (Å²) in [6, 6.07) is 9.63. The van der Waals surface area contributed by atoms with Gasteiger partial charge in [0.25, 0.3) is 0 Å². The van der Waals surface area contributed by atoms with Gasteiger partial charge in [-0.05, 0) is 12.1 Å². The van der Waals surface area contributed by atoms with Crippen LogP contribution in [0.25, 0.3) is 0 Å². The largest absolute Gasteiger partial charge is 0.491 e. The summed E-state index contributed by atoms with van der Waals surface area (Å²) in [4.78, 5) is 1.95. The summed E-state index contributed by atoms with van der Waals surface area (Å²) in [6.07, 6.45) is 0. The maximum absolute atomic E-state index is 8.87. The molecule has 0 atom stereocenters. The molecule has 0 amide bonds. The SMILES string of the molecule is OCCN(CCO)CCOCCOCCOc1ccccc1. The minimum Gasteiger partial charge on any atom is -0.491 e. The Balaban J connectivity index is 1.89. The third-order valence-corrected chi connectivity index (χ3v) is 3.00. The van der Waals surface area contributed by atoms with Gasteiger partial charge in [-0.2, -0.15) is 0 Å². The fraction of sp³-hybridized carbons (Fsp3) is 0.625. The highest BCUT2D eigenvalue weighted by atomic mass is 16.5. The molecule has 0 spiro atoms. The minimum atomic E-state index is 0.0878. The molecule has 0 saturated heterocycles. The second-order valence-electron chi connectivity index (χ2n) is 4.68. The molecule has 0 aromatic heterocycles. The Morgan fingerprint density at radius 3 is 1.95 bits per heavy atom. The van der Waals surface area contributed by atoms with Gasteiger partial charge in [0.2, 0.25) is 0 Å². The van der Waals surface area contributed by atoms with E-state index in [0.717, 1.165) is 5.75 Å². The molecule has 0 aliphatic carbocycles. The molecule has 0 aliphatic heterocycles.